The van der Waals surface area contributed by atoms with Gasteiger partial charge in [0.2, 0.25) is 17.3 Å². The summed E-state index contributed by atoms with van der Waals surface area (Å²) in [7, 11) is 7.21. The highest BCUT2D eigenvalue weighted by molar-refractivity contribution is 6.35. The summed E-state index contributed by atoms with van der Waals surface area (Å²) in [6, 6.07) is 11.3. The van der Waals surface area contributed by atoms with Gasteiger partial charge in [0.05, 0.1) is 35.5 Å². The molecular weight excluding hydrogens is 658 g/mol. The molecule has 1 spiro atoms. The van der Waals surface area contributed by atoms with Crippen LogP contribution in [-0.2, 0) is 16.0 Å². The number of ether oxygens (including phenoxy) is 6. The van der Waals surface area contributed by atoms with Gasteiger partial charge in [-0.05, 0) is 41.8 Å². The number of nitrogens with one attached hydrogen (secondary N) is 1. The van der Waals surface area contributed by atoms with E-state index in [0.29, 0.717) is 23.5 Å². The highest BCUT2D eigenvalue weighted by atomic mass is 35.5. The number of aliphatic hydroxyl groups is 1. The molecule has 3 N–H and O–H groups in total. The van der Waals surface area contributed by atoms with Gasteiger partial charge in [-0.15, -0.1) is 0 Å². The Balaban J connectivity index is 1.54. The van der Waals surface area contributed by atoms with Crippen LogP contribution >= 0.6 is 11.6 Å². The number of aromatic hydroxyl groups is 1. The van der Waals surface area contributed by atoms with Crippen LogP contribution in [0.4, 0.5) is 0 Å². The number of aliphatic hydroxyl groups excluding tert-OH is 1. The van der Waals surface area contributed by atoms with Crippen molar-refractivity contribution in [3.63, 3.8) is 0 Å². The van der Waals surface area contributed by atoms with Crippen LogP contribution in [0.1, 0.15) is 47.2 Å². The average Bonchev–Trinajstić information content (AvgIpc) is 3.41. The Morgan fingerprint density at radius 3 is 2.24 bits per heavy atom. The number of hydrogen-bond donors (Lipinski definition) is 3. The lowest BCUT2D eigenvalue weighted by Crippen LogP contribution is -2.53. The number of halogens is 1. The first-order valence-corrected chi connectivity index (χ1v) is 15.8. The fourth-order valence-corrected chi connectivity index (χ4v) is 6.74. The molecule has 0 bridgehead atoms. The molecule has 2 aliphatic rings. The second-order valence-corrected chi connectivity index (χ2v) is 12.1. The van der Waals surface area contributed by atoms with Gasteiger partial charge in [0.1, 0.15) is 22.1 Å². The van der Waals surface area contributed by atoms with Gasteiger partial charge in [-0.1, -0.05) is 30.7 Å². The summed E-state index contributed by atoms with van der Waals surface area (Å²) in [4.78, 5) is 41.7. The fourth-order valence-electron chi connectivity index (χ4n) is 6.48. The number of methoxy groups -OCH3 is 5. The van der Waals surface area contributed by atoms with E-state index in [1.54, 1.807) is 20.1 Å². The Kier molecular flexibility index (Phi) is 10.2. The second kappa shape index (κ2) is 14.2. The molecule has 260 valence electrons. The first-order chi connectivity index (χ1) is 23.4. The van der Waals surface area contributed by atoms with Gasteiger partial charge < -0.3 is 44.0 Å². The number of phenols is 1. The van der Waals surface area contributed by atoms with Crippen molar-refractivity contribution in [3.8, 4) is 40.2 Å². The molecule has 13 heteroatoms. The molecule has 0 saturated heterocycles. The first kappa shape index (κ1) is 35.2. The molecule has 0 fully saturated rings. The average molecular weight is 696 g/mol. The van der Waals surface area contributed by atoms with Gasteiger partial charge in [-0.3, -0.25) is 14.4 Å². The Hall–Kier alpha value is -5.10. The van der Waals surface area contributed by atoms with E-state index in [1.807, 2.05) is 12.1 Å². The number of Topliss-reactive ketones (excluding diaryl/α,β-unsaturated/α-hetero) is 2. The van der Waals surface area contributed by atoms with E-state index in [2.05, 4.69) is 5.32 Å². The van der Waals surface area contributed by atoms with Gasteiger partial charge in [0.25, 0.3) is 0 Å². The molecule has 3 atom stereocenters. The molecular formula is C36H38ClNO11. The van der Waals surface area contributed by atoms with Crippen molar-refractivity contribution >= 4 is 29.1 Å². The quantitative estimate of drug-likeness (QED) is 0.224. The molecule has 12 nitrogen and oxygen atoms in total. The number of fused-ring (bicyclic) bond motifs is 1. The molecule has 3 aromatic carbocycles. The van der Waals surface area contributed by atoms with Gasteiger partial charge in [0.15, 0.2) is 40.3 Å². The number of carbonyl (C=O) groups is 3. The Bertz CT molecular complexity index is 1840. The molecule has 0 radical (unpaired) electrons. The third-order valence-corrected chi connectivity index (χ3v) is 9.40. The standard InChI is InChI=1S/C36H38ClNO11/c1-18-13-23(40)30(34(42)36(18)35(43)31-27(47-5)17-28(48-6)32(37)33(31)49-36)21(20-8-9-22(39)25(15-20)45-3)16-29(41)38-12-11-19-7-10-24(44-2)26(14-19)46-4/h7-10,14-15,17-18,21,39,42H,11-13,16H2,1-6H3,(H,38,41). The zero-order valence-corrected chi connectivity index (χ0v) is 28.7. The SMILES string of the molecule is COc1cc(C(CC(=O)NCCc2ccc(OC)c(OC)c2)C2=C(O)C3(Oc4c(Cl)c(OC)cc(OC)c4C3=O)C(C)CC2=O)ccc1O. The Morgan fingerprint density at radius 1 is 0.918 bits per heavy atom. The third kappa shape index (κ3) is 6.16. The maximum atomic E-state index is 14.3. The van der Waals surface area contributed by atoms with Gasteiger partial charge in [0, 0.05) is 42.9 Å². The minimum Gasteiger partial charge on any atom is -0.507 e. The van der Waals surface area contributed by atoms with E-state index in [9.17, 15) is 24.6 Å². The van der Waals surface area contributed by atoms with Gasteiger partial charge >= 0.3 is 0 Å². The monoisotopic (exact) mass is 695 g/mol. The van der Waals surface area contributed by atoms with E-state index < -0.39 is 40.7 Å². The van der Waals surface area contributed by atoms with Crippen molar-refractivity contribution in [2.45, 2.75) is 37.7 Å². The summed E-state index contributed by atoms with van der Waals surface area (Å²) in [6.07, 6.45) is -0.0265. The summed E-state index contributed by atoms with van der Waals surface area (Å²) < 4.78 is 33.1. The minimum absolute atomic E-state index is 0.00356. The Morgan fingerprint density at radius 2 is 1.59 bits per heavy atom. The van der Waals surface area contributed by atoms with Crippen molar-refractivity contribution in [2.24, 2.45) is 5.92 Å². The predicted molar refractivity (Wildman–Crippen MR) is 179 cm³/mol. The summed E-state index contributed by atoms with van der Waals surface area (Å²) in [5.74, 6) is -2.80. The highest BCUT2D eigenvalue weighted by Crippen LogP contribution is 2.56. The largest absolute Gasteiger partial charge is 0.507 e. The number of rotatable bonds is 12. The van der Waals surface area contributed by atoms with Crippen LogP contribution in [0.3, 0.4) is 0 Å². The molecule has 49 heavy (non-hydrogen) atoms. The van der Waals surface area contributed by atoms with Crippen molar-refractivity contribution in [1.29, 1.82) is 0 Å². The van der Waals surface area contributed by atoms with Crippen LogP contribution in [0.15, 0.2) is 53.8 Å². The maximum absolute atomic E-state index is 14.3. The molecule has 1 aliphatic heterocycles. The van der Waals surface area contributed by atoms with Crippen molar-refractivity contribution in [2.75, 3.05) is 42.1 Å². The number of ketones is 2. The van der Waals surface area contributed by atoms with Crippen LogP contribution in [0.25, 0.3) is 0 Å². The lowest BCUT2D eigenvalue weighted by molar-refractivity contribution is -0.121. The number of allylic oxidation sites excluding steroid dienone is 1. The first-order valence-electron chi connectivity index (χ1n) is 15.4. The van der Waals surface area contributed by atoms with Crippen LogP contribution < -0.4 is 33.7 Å². The Labute approximate surface area is 288 Å². The maximum Gasteiger partial charge on any atom is 0.231 e. The zero-order chi connectivity index (χ0) is 35.6. The predicted octanol–water partition coefficient (Wildman–Crippen LogP) is 5.36. The van der Waals surface area contributed by atoms with Gasteiger partial charge in [-0.2, -0.15) is 0 Å². The van der Waals surface area contributed by atoms with E-state index in [1.165, 1.54) is 52.7 Å². The molecule has 3 unspecified atom stereocenters. The molecule has 0 saturated carbocycles. The summed E-state index contributed by atoms with van der Waals surface area (Å²) in [5, 5.41) is 25.3. The van der Waals surface area contributed by atoms with E-state index in [4.69, 9.17) is 40.0 Å². The molecule has 0 aromatic heterocycles. The molecule has 1 aliphatic carbocycles. The molecule has 1 amide bonds. The number of benzene rings is 3. The second-order valence-electron chi connectivity index (χ2n) is 11.7. The van der Waals surface area contributed by atoms with Crippen molar-refractivity contribution in [1.82, 2.24) is 5.32 Å². The van der Waals surface area contributed by atoms with Crippen molar-refractivity contribution in [3.05, 3.63) is 75.5 Å². The molecule has 3 aromatic rings. The number of hydrogen-bond acceptors (Lipinski definition) is 11. The van der Waals surface area contributed by atoms with E-state index in [0.717, 1.165) is 5.56 Å². The summed E-state index contributed by atoms with van der Waals surface area (Å²) in [5.41, 5.74) is -0.957. The normalized spacial score (nSPS) is 18.9. The van der Waals surface area contributed by atoms with Crippen LogP contribution in [0, 0.1) is 5.92 Å². The third-order valence-electron chi connectivity index (χ3n) is 9.04. The molecule has 5 rings (SSSR count). The zero-order valence-electron chi connectivity index (χ0n) is 28.0. The summed E-state index contributed by atoms with van der Waals surface area (Å²) >= 11 is 6.59. The van der Waals surface area contributed by atoms with Crippen LogP contribution in [-0.4, -0.2) is 75.4 Å². The summed E-state index contributed by atoms with van der Waals surface area (Å²) in [6.45, 7) is 1.86. The number of phenolic OH excluding ortho intramolecular Hbond substituents is 1. The fraction of sp³-hybridized carbons (Fsp3) is 0.361. The number of amides is 1. The van der Waals surface area contributed by atoms with Crippen molar-refractivity contribution < 1.29 is 53.0 Å². The molecule has 1 heterocycles. The lowest BCUT2D eigenvalue weighted by atomic mass is 9.69. The topological polar surface area (TPSA) is 159 Å². The highest BCUT2D eigenvalue weighted by Gasteiger charge is 2.61. The van der Waals surface area contributed by atoms with E-state index >= 15 is 0 Å². The van der Waals surface area contributed by atoms with Gasteiger partial charge in [-0.25, -0.2) is 0 Å². The smallest absolute Gasteiger partial charge is 0.231 e. The lowest BCUT2D eigenvalue weighted by Gasteiger charge is -2.38. The number of carbonyl (C=O) groups excluding carboxylic acids is 3. The minimum atomic E-state index is -2.04. The van der Waals surface area contributed by atoms with Crippen LogP contribution in [0.2, 0.25) is 5.02 Å². The van der Waals surface area contributed by atoms with Crippen LogP contribution in [0.5, 0.6) is 40.2 Å². The van der Waals surface area contributed by atoms with E-state index in [-0.39, 0.29) is 64.3 Å².